The van der Waals surface area contributed by atoms with E-state index in [4.69, 9.17) is 4.74 Å². The van der Waals surface area contributed by atoms with Crippen LogP contribution < -0.4 is 10.1 Å². The largest absolute Gasteiger partial charge is 0.491 e. The van der Waals surface area contributed by atoms with Crippen LogP contribution in [0.3, 0.4) is 0 Å². The fourth-order valence-electron chi connectivity index (χ4n) is 1.83. The summed E-state index contributed by atoms with van der Waals surface area (Å²) < 4.78 is 5.51. The zero-order valence-corrected chi connectivity index (χ0v) is 12.6. The Bertz CT molecular complexity index is 345. The molecule has 1 saturated heterocycles. The van der Waals surface area contributed by atoms with Gasteiger partial charge in [0.25, 0.3) is 0 Å². The van der Waals surface area contributed by atoms with E-state index in [1.165, 1.54) is 17.3 Å². The maximum Gasteiger partial charge on any atom is 0.119 e. The third-order valence-corrected chi connectivity index (χ3v) is 5.67. The van der Waals surface area contributed by atoms with Crippen molar-refractivity contribution in [2.24, 2.45) is 0 Å². The predicted molar refractivity (Wildman–Crippen MR) is 84.4 cm³/mol. The highest BCUT2D eigenvalue weighted by Crippen LogP contribution is 2.23. The van der Waals surface area contributed by atoms with Gasteiger partial charge in [-0.15, -0.1) is 0 Å². The number of thioether (sulfide) groups is 2. The van der Waals surface area contributed by atoms with E-state index in [1.807, 2.05) is 53.9 Å². The Labute approximate surface area is 123 Å². The molecule has 0 spiro atoms. The fourth-order valence-corrected chi connectivity index (χ4v) is 4.48. The van der Waals surface area contributed by atoms with Crippen molar-refractivity contribution in [1.82, 2.24) is 5.32 Å². The van der Waals surface area contributed by atoms with Crippen LogP contribution in [0, 0.1) is 0 Å². The lowest BCUT2D eigenvalue weighted by Gasteiger charge is -2.22. The molecule has 0 amide bonds. The maximum atomic E-state index is 9.84. The van der Waals surface area contributed by atoms with Crippen LogP contribution in [0.1, 0.15) is 0 Å². The molecule has 0 bridgehead atoms. The third kappa shape index (κ3) is 6.08. The summed E-state index contributed by atoms with van der Waals surface area (Å²) in [5.74, 6) is 4.54. The summed E-state index contributed by atoms with van der Waals surface area (Å²) in [7, 11) is 0. The van der Waals surface area contributed by atoms with Crippen molar-refractivity contribution in [3.63, 3.8) is 0 Å². The van der Waals surface area contributed by atoms with E-state index in [-0.39, 0.29) is 0 Å². The van der Waals surface area contributed by atoms with Crippen molar-refractivity contribution < 1.29 is 9.84 Å². The number of aliphatic hydroxyl groups excluding tert-OH is 1. The molecule has 19 heavy (non-hydrogen) atoms. The molecule has 2 N–H and O–H groups in total. The second-order valence-electron chi connectivity index (χ2n) is 4.50. The molecule has 1 heterocycles. The summed E-state index contributed by atoms with van der Waals surface area (Å²) in [4.78, 5) is 0. The summed E-state index contributed by atoms with van der Waals surface area (Å²) in [5, 5.41) is 13.8. The molecular formula is C14H21NO2S2. The van der Waals surface area contributed by atoms with E-state index < -0.39 is 6.10 Å². The molecule has 1 aliphatic rings. The first kappa shape index (κ1) is 15.0. The first-order valence-electron chi connectivity index (χ1n) is 6.60. The summed E-state index contributed by atoms with van der Waals surface area (Å²) in [6.45, 7) is 1.90. The lowest BCUT2D eigenvalue weighted by atomic mass is 10.3. The van der Waals surface area contributed by atoms with Crippen molar-refractivity contribution in [3.05, 3.63) is 30.3 Å². The molecule has 2 rings (SSSR count). The van der Waals surface area contributed by atoms with Gasteiger partial charge in [-0.05, 0) is 12.1 Å². The van der Waals surface area contributed by atoms with E-state index in [9.17, 15) is 5.11 Å². The highest BCUT2D eigenvalue weighted by atomic mass is 32.2. The number of hydrogen-bond acceptors (Lipinski definition) is 5. The molecule has 0 saturated carbocycles. The van der Waals surface area contributed by atoms with Gasteiger partial charge in [-0.3, -0.25) is 0 Å². The number of rotatable bonds is 7. The van der Waals surface area contributed by atoms with Gasteiger partial charge < -0.3 is 15.2 Å². The van der Waals surface area contributed by atoms with E-state index >= 15 is 0 Å². The van der Waals surface area contributed by atoms with Crippen molar-refractivity contribution in [1.29, 1.82) is 0 Å². The van der Waals surface area contributed by atoms with Crippen molar-refractivity contribution in [2.45, 2.75) is 11.4 Å². The van der Waals surface area contributed by atoms with Gasteiger partial charge in [0.1, 0.15) is 18.5 Å². The molecule has 5 heteroatoms. The van der Waals surface area contributed by atoms with Crippen molar-refractivity contribution in [2.75, 3.05) is 37.0 Å². The second-order valence-corrected chi connectivity index (χ2v) is 7.06. The monoisotopic (exact) mass is 299 g/mol. The smallest absolute Gasteiger partial charge is 0.119 e. The van der Waals surface area contributed by atoms with Gasteiger partial charge in [-0.1, -0.05) is 18.2 Å². The van der Waals surface area contributed by atoms with Gasteiger partial charge in [0.05, 0.1) is 0 Å². The number of aliphatic hydroxyl groups is 1. The molecule has 1 fully saturated rings. The number of hydrogen-bond donors (Lipinski definition) is 2. The van der Waals surface area contributed by atoms with Crippen LogP contribution >= 0.6 is 23.5 Å². The number of para-hydroxylation sites is 1. The molecule has 1 aromatic carbocycles. The standard InChI is InChI=1S/C14H21NO2S2/c16-12(10-17-13-4-2-1-3-5-13)8-15-9-14-11-18-6-7-19-14/h1-5,12,14-16H,6-11H2. The topological polar surface area (TPSA) is 41.5 Å². The summed E-state index contributed by atoms with van der Waals surface area (Å²) >= 11 is 4.05. The quantitative estimate of drug-likeness (QED) is 0.804. The highest BCUT2D eigenvalue weighted by molar-refractivity contribution is 8.06. The van der Waals surface area contributed by atoms with Gasteiger partial charge in [0.15, 0.2) is 0 Å². The summed E-state index contributed by atoms with van der Waals surface area (Å²) in [6.07, 6.45) is -0.457. The summed E-state index contributed by atoms with van der Waals surface area (Å²) in [6, 6.07) is 9.60. The zero-order valence-electron chi connectivity index (χ0n) is 11.0. The van der Waals surface area contributed by atoms with Gasteiger partial charge >= 0.3 is 0 Å². The van der Waals surface area contributed by atoms with Crippen LogP contribution in [-0.2, 0) is 0 Å². The Kier molecular flexibility index (Phi) is 6.92. The second kappa shape index (κ2) is 8.74. The van der Waals surface area contributed by atoms with E-state index in [0.29, 0.717) is 18.4 Å². The number of benzene rings is 1. The molecule has 2 atom stereocenters. The minimum atomic E-state index is -0.457. The molecule has 0 radical (unpaired) electrons. The Morgan fingerprint density at radius 3 is 2.89 bits per heavy atom. The molecule has 3 nitrogen and oxygen atoms in total. The van der Waals surface area contributed by atoms with Crippen LogP contribution in [0.15, 0.2) is 30.3 Å². The predicted octanol–water partition coefficient (Wildman–Crippen LogP) is 1.86. The highest BCUT2D eigenvalue weighted by Gasteiger charge is 2.14. The first-order valence-corrected chi connectivity index (χ1v) is 8.81. The van der Waals surface area contributed by atoms with Crippen molar-refractivity contribution >= 4 is 23.5 Å². The molecule has 106 valence electrons. The van der Waals surface area contributed by atoms with Crippen LogP contribution in [0.5, 0.6) is 5.75 Å². The molecule has 2 unspecified atom stereocenters. The fraction of sp³-hybridized carbons (Fsp3) is 0.571. The lowest BCUT2D eigenvalue weighted by Crippen LogP contribution is -2.36. The maximum absolute atomic E-state index is 9.84. The van der Waals surface area contributed by atoms with Crippen LogP contribution in [0.25, 0.3) is 0 Å². The van der Waals surface area contributed by atoms with Crippen LogP contribution in [0.2, 0.25) is 0 Å². The van der Waals surface area contributed by atoms with Gasteiger partial charge in [-0.2, -0.15) is 23.5 Å². The normalized spacial score (nSPS) is 21.0. The molecule has 1 aliphatic heterocycles. The Morgan fingerprint density at radius 2 is 2.16 bits per heavy atom. The molecular weight excluding hydrogens is 278 g/mol. The number of ether oxygens (including phenoxy) is 1. The average molecular weight is 299 g/mol. The zero-order chi connectivity index (χ0) is 13.3. The Hall–Kier alpha value is -0.360. The molecule has 1 aromatic rings. The SMILES string of the molecule is OC(CNCC1CSCCS1)COc1ccccc1. The van der Waals surface area contributed by atoms with E-state index in [0.717, 1.165) is 12.3 Å². The van der Waals surface area contributed by atoms with Crippen molar-refractivity contribution in [3.8, 4) is 5.75 Å². The summed E-state index contributed by atoms with van der Waals surface area (Å²) in [5.41, 5.74) is 0. The lowest BCUT2D eigenvalue weighted by molar-refractivity contribution is 0.107. The van der Waals surface area contributed by atoms with E-state index in [1.54, 1.807) is 0 Å². The third-order valence-electron chi connectivity index (χ3n) is 2.82. The Morgan fingerprint density at radius 1 is 1.32 bits per heavy atom. The van der Waals surface area contributed by atoms with Gasteiger partial charge in [0.2, 0.25) is 0 Å². The minimum absolute atomic E-state index is 0.337. The van der Waals surface area contributed by atoms with Gasteiger partial charge in [0, 0.05) is 35.6 Å². The van der Waals surface area contributed by atoms with Crippen LogP contribution in [-0.4, -0.2) is 53.4 Å². The van der Waals surface area contributed by atoms with Crippen LogP contribution in [0.4, 0.5) is 0 Å². The molecule has 0 aliphatic carbocycles. The average Bonchev–Trinajstić information content (AvgIpc) is 2.47. The molecule has 0 aromatic heterocycles. The first-order chi connectivity index (χ1) is 9.34. The van der Waals surface area contributed by atoms with Gasteiger partial charge in [-0.25, -0.2) is 0 Å². The van der Waals surface area contributed by atoms with E-state index in [2.05, 4.69) is 5.32 Å². The number of nitrogens with one attached hydrogen (secondary N) is 1. The minimum Gasteiger partial charge on any atom is -0.491 e. The Balaban J connectivity index is 1.55.